The van der Waals surface area contributed by atoms with Crippen LogP contribution in [0.4, 0.5) is 0 Å². The number of aryl methyl sites for hydroxylation is 1. The van der Waals surface area contributed by atoms with Crippen LogP contribution < -0.4 is 10.1 Å². The van der Waals surface area contributed by atoms with Gasteiger partial charge in [0.1, 0.15) is 22.8 Å². The van der Waals surface area contributed by atoms with Crippen LogP contribution in [0.3, 0.4) is 0 Å². The Morgan fingerprint density at radius 1 is 1.30 bits per heavy atom. The van der Waals surface area contributed by atoms with Crippen LogP contribution in [0.25, 0.3) is 17.0 Å². The van der Waals surface area contributed by atoms with E-state index in [1.165, 1.54) is 25.7 Å². The number of pyridine rings is 1. The van der Waals surface area contributed by atoms with Crippen molar-refractivity contribution in [3.05, 3.63) is 30.2 Å². The Bertz CT molecular complexity index is 1200. The van der Waals surface area contributed by atoms with Crippen LogP contribution in [0.15, 0.2) is 29.4 Å². The van der Waals surface area contributed by atoms with Crippen LogP contribution >= 0.6 is 10.5 Å². The second kappa shape index (κ2) is 9.33. The monoisotopic (exact) mass is 469 g/mol. The van der Waals surface area contributed by atoms with Gasteiger partial charge in [0.25, 0.3) is 5.91 Å². The van der Waals surface area contributed by atoms with Crippen molar-refractivity contribution in [2.75, 3.05) is 13.7 Å². The first-order chi connectivity index (χ1) is 15.7. The number of fused-ring (bicyclic) bond motifs is 1. The van der Waals surface area contributed by atoms with Gasteiger partial charge in [-0.05, 0) is 31.7 Å². The number of aromatic nitrogens is 4. The van der Waals surface area contributed by atoms with Gasteiger partial charge in [-0.1, -0.05) is 39.0 Å². The van der Waals surface area contributed by atoms with Gasteiger partial charge in [0.15, 0.2) is 0 Å². The zero-order valence-corrected chi connectivity index (χ0v) is 21.3. The minimum atomic E-state index is -0.127. The van der Waals surface area contributed by atoms with Crippen LogP contribution in [0.1, 0.15) is 63.9 Å². The van der Waals surface area contributed by atoms with E-state index in [2.05, 4.69) is 59.1 Å². The fourth-order valence-corrected chi connectivity index (χ4v) is 6.86. The van der Waals surface area contributed by atoms with Crippen molar-refractivity contribution in [3.8, 4) is 17.1 Å². The van der Waals surface area contributed by atoms with Gasteiger partial charge in [-0.15, -0.1) is 10.5 Å². The first-order valence-electron chi connectivity index (χ1n) is 11.6. The molecule has 178 valence electrons. The Morgan fingerprint density at radius 2 is 2.03 bits per heavy atom. The number of rotatable bonds is 6. The number of methoxy groups -OCH3 is 1. The molecule has 1 aliphatic carbocycles. The molecule has 1 N–H and O–H groups in total. The molecule has 0 spiro atoms. The van der Waals surface area contributed by atoms with E-state index in [0.29, 0.717) is 11.6 Å². The van der Waals surface area contributed by atoms with E-state index in [0.717, 1.165) is 34.2 Å². The SMILES string of the molecule is C/C=S(/c1cn2c(-c3cc(C(=O)NCC4CCCC4)n(C)n3)cnc2cc1OC)C(C)(C)C. The molecule has 1 amide bonds. The van der Waals surface area contributed by atoms with Crippen LogP contribution in [-0.4, -0.2) is 48.8 Å². The summed E-state index contributed by atoms with van der Waals surface area (Å²) in [7, 11) is 3.39. The summed E-state index contributed by atoms with van der Waals surface area (Å²) >= 11 is 0. The predicted octanol–water partition coefficient (Wildman–Crippen LogP) is 4.91. The zero-order valence-electron chi connectivity index (χ0n) is 20.5. The smallest absolute Gasteiger partial charge is 0.269 e. The number of imidazole rings is 1. The van der Waals surface area contributed by atoms with Crippen molar-refractivity contribution in [2.45, 2.75) is 63.0 Å². The summed E-state index contributed by atoms with van der Waals surface area (Å²) in [5, 5.41) is 9.99. The van der Waals surface area contributed by atoms with Gasteiger partial charge >= 0.3 is 0 Å². The van der Waals surface area contributed by atoms with Gasteiger partial charge < -0.3 is 10.1 Å². The van der Waals surface area contributed by atoms with E-state index in [1.807, 2.05) is 25.4 Å². The van der Waals surface area contributed by atoms with Gasteiger partial charge in [0.2, 0.25) is 0 Å². The maximum Gasteiger partial charge on any atom is 0.269 e. The van der Waals surface area contributed by atoms with Crippen molar-refractivity contribution in [1.82, 2.24) is 24.5 Å². The highest BCUT2D eigenvalue weighted by atomic mass is 32.2. The van der Waals surface area contributed by atoms with Crippen LogP contribution in [0.5, 0.6) is 5.75 Å². The van der Waals surface area contributed by atoms with E-state index in [4.69, 9.17) is 4.74 Å². The normalized spacial score (nSPS) is 15.9. The molecule has 8 heteroatoms. The largest absolute Gasteiger partial charge is 0.495 e. The van der Waals surface area contributed by atoms with Crippen molar-refractivity contribution < 1.29 is 9.53 Å². The van der Waals surface area contributed by atoms with Crippen molar-refractivity contribution in [3.63, 3.8) is 0 Å². The van der Waals surface area contributed by atoms with Crippen LogP contribution in [0, 0.1) is 5.92 Å². The minimum Gasteiger partial charge on any atom is -0.495 e. The molecule has 0 aromatic carbocycles. The number of hydrogen-bond donors (Lipinski definition) is 1. The van der Waals surface area contributed by atoms with E-state index >= 15 is 0 Å². The highest BCUT2D eigenvalue weighted by molar-refractivity contribution is 8.16. The molecule has 1 unspecified atom stereocenters. The second-order valence-corrected chi connectivity index (χ2v) is 12.5. The fourth-order valence-electron chi connectivity index (χ4n) is 4.66. The van der Waals surface area contributed by atoms with Gasteiger partial charge in [-0.2, -0.15) is 5.10 Å². The Balaban J connectivity index is 1.69. The van der Waals surface area contributed by atoms with Crippen molar-refractivity contribution in [1.29, 1.82) is 0 Å². The molecular formula is C25H35N5O2S. The molecule has 7 nitrogen and oxygen atoms in total. The highest BCUT2D eigenvalue weighted by Gasteiger charge is 2.23. The van der Waals surface area contributed by atoms with E-state index in [9.17, 15) is 4.79 Å². The third kappa shape index (κ3) is 4.71. The molecule has 0 radical (unpaired) electrons. The lowest BCUT2D eigenvalue weighted by Gasteiger charge is -2.26. The van der Waals surface area contributed by atoms with Crippen LogP contribution in [0.2, 0.25) is 0 Å². The van der Waals surface area contributed by atoms with Gasteiger partial charge in [0.05, 0.1) is 23.9 Å². The number of amides is 1. The Labute approximate surface area is 198 Å². The Kier molecular flexibility index (Phi) is 6.66. The average Bonchev–Trinajstić information content (AvgIpc) is 3.50. The first-order valence-corrected chi connectivity index (χ1v) is 12.9. The molecule has 0 bridgehead atoms. The average molecular weight is 470 g/mol. The molecule has 0 saturated heterocycles. The molecule has 33 heavy (non-hydrogen) atoms. The molecule has 1 aliphatic rings. The first kappa shape index (κ1) is 23.5. The summed E-state index contributed by atoms with van der Waals surface area (Å²) in [6.07, 6.45) is 8.87. The molecule has 4 rings (SSSR count). The molecule has 3 aromatic heterocycles. The van der Waals surface area contributed by atoms with Gasteiger partial charge in [0, 0.05) is 30.6 Å². The number of nitrogens with zero attached hydrogens (tertiary/aromatic N) is 4. The lowest BCUT2D eigenvalue weighted by atomic mass is 10.1. The fraction of sp³-hybridized carbons (Fsp3) is 0.520. The topological polar surface area (TPSA) is 73.5 Å². The van der Waals surface area contributed by atoms with Gasteiger partial charge in [-0.3, -0.25) is 13.9 Å². The quantitative estimate of drug-likeness (QED) is 0.521. The maximum absolute atomic E-state index is 12.8. The summed E-state index contributed by atoms with van der Waals surface area (Å²) in [6, 6.07) is 3.83. The lowest BCUT2D eigenvalue weighted by Crippen LogP contribution is -2.29. The zero-order chi connectivity index (χ0) is 23.8. The molecule has 3 aromatic rings. The molecule has 0 aliphatic heterocycles. The summed E-state index contributed by atoms with van der Waals surface area (Å²) in [5.41, 5.74) is 2.93. The third-order valence-corrected chi connectivity index (χ3v) is 8.90. The van der Waals surface area contributed by atoms with Crippen molar-refractivity contribution >= 4 is 27.4 Å². The Hall–Kier alpha value is -2.61. The van der Waals surface area contributed by atoms with E-state index in [1.54, 1.807) is 11.8 Å². The number of hydrogen-bond acceptors (Lipinski definition) is 4. The summed E-state index contributed by atoms with van der Waals surface area (Å²) in [6.45, 7) is 9.56. The standard InChI is InChI=1S/C25H35N5O2S/c1-7-33(25(2,3)4)22-16-30-20(15-26-23(30)13-21(22)32-6)18-12-19(29(5)28-18)24(31)27-14-17-10-8-9-11-17/h7,12-13,15-17H,8-11,14H2,1-6H3,(H,27,31). The third-order valence-electron chi connectivity index (χ3n) is 6.33. The highest BCUT2D eigenvalue weighted by Crippen LogP contribution is 2.44. The lowest BCUT2D eigenvalue weighted by molar-refractivity contribution is 0.0938. The second-order valence-electron chi connectivity index (χ2n) is 9.66. The van der Waals surface area contributed by atoms with E-state index < -0.39 is 0 Å². The van der Waals surface area contributed by atoms with Gasteiger partial charge in [-0.25, -0.2) is 4.98 Å². The summed E-state index contributed by atoms with van der Waals surface area (Å²) < 4.78 is 9.50. The number of carbonyl (C=O) groups is 1. The maximum atomic E-state index is 12.8. The van der Waals surface area contributed by atoms with Crippen molar-refractivity contribution in [2.24, 2.45) is 13.0 Å². The number of carbonyl (C=O) groups excluding carboxylic acids is 1. The molecular weight excluding hydrogens is 434 g/mol. The summed E-state index contributed by atoms with van der Waals surface area (Å²) in [4.78, 5) is 18.6. The van der Waals surface area contributed by atoms with E-state index in [-0.39, 0.29) is 21.1 Å². The molecule has 1 atom stereocenters. The number of ether oxygens (including phenoxy) is 1. The minimum absolute atomic E-state index is 0.0615. The van der Waals surface area contributed by atoms with Crippen LogP contribution in [-0.2, 0) is 7.05 Å². The molecule has 3 heterocycles. The summed E-state index contributed by atoms with van der Waals surface area (Å²) in [5.74, 6) is 1.36. The predicted molar refractivity (Wildman–Crippen MR) is 136 cm³/mol. The Morgan fingerprint density at radius 3 is 2.67 bits per heavy atom. The number of nitrogens with one attached hydrogen (secondary N) is 1. The molecule has 1 fully saturated rings. The molecule has 1 saturated carbocycles.